The Morgan fingerprint density at radius 1 is 1.19 bits per heavy atom. The zero-order valence-electron chi connectivity index (χ0n) is 15.7. The van der Waals surface area contributed by atoms with Crippen LogP contribution in [0.25, 0.3) is 0 Å². The Morgan fingerprint density at radius 3 is 2.74 bits per heavy atom. The number of carbonyl (C=O) groups excluding carboxylic acids is 2. The highest BCUT2D eigenvalue weighted by molar-refractivity contribution is 5.90. The summed E-state index contributed by atoms with van der Waals surface area (Å²) in [6, 6.07) is 6.07. The van der Waals surface area contributed by atoms with E-state index in [-0.39, 0.29) is 30.6 Å². The van der Waals surface area contributed by atoms with Crippen LogP contribution in [0.1, 0.15) is 46.0 Å². The van der Waals surface area contributed by atoms with Crippen LogP contribution in [-0.4, -0.2) is 44.7 Å². The Kier molecular flexibility index (Phi) is 5.83. The number of benzene rings is 1. The number of halogens is 1. The van der Waals surface area contributed by atoms with E-state index in [9.17, 15) is 14.0 Å². The monoisotopic (exact) mass is 373 g/mol. The van der Waals surface area contributed by atoms with Crippen molar-refractivity contribution in [2.24, 2.45) is 0 Å². The predicted octanol–water partition coefficient (Wildman–Crippen LogP) is 1.92. The van der Waals surface area contributed by atoms with Gasteiger partial charge in [-0.25, -0.2) is 0 Å². The van der Waals surface area contributed by atoms with Crippen molar-refractivity contribution in [2.75, 3.05) is 13.2 Å². The van der Waals surface area contributed by atoms with Gasteiger partial charge in [0.2, 0.25) is 11.7 Å². The molecule has 0 saturated heterocycles. The standard InChI is InChI=1S/C19H24FN5O2/c1-13-4-5-15(10-14(13)2)11-21-19(27)18-23-22-16-12-24(17(26)6-7-20)8-3-9-25(16)18/h4-5,10H,3,6-9,11-12H2,1-2H3,(H,21,27). The number of nitrogens with zero attached hydrogens (tertiary/aromatic N) is 4. The fourth-order valence-electron chi connectivity index (χ4n) is 3.15. The molecule has 1 aliphatic rings. The molecule has 0 atom stereocenters. The van der Waals surface area contributed by atoms with Crippen molar-refractivity contribution >= 4 is 11.8 Å². The van der Waals surface area contributed by atoms with Crippen LogP contribution in [0, 0.1) is 13.8 Å². The number of aromatic nitrogens is 3. The lowest BCUT2D eigenvalue weighted by molar-refractivity contribution is -0.132. The average molecular weight is 373 g/mol. The molecule has 1 aliphatic heterocycles. The second-order valence-corrected chi connectivity index (χ2v) is 6.80. The summed E-state index contributed by atoms with van der Waals surface area (Å²) in [5, 5.41) is 11.0. The molecule has 144 valence electrons. The molecule has 0 fully saturated rings. The van der Waals surface area contributed by atoms with Crippen LogP contribution in [0.4, 0.5) is 4.39 Å². The van der Waals surface area contributed by atoms with Gasteiger partial charge in [-0.2, -0.15) is 0 Å². The summed E-state index contributed by atoms with van der Waals surface area (Å²) in [6.07, 6.45) is 0.540. The second-order valence-electron chi connectivity index (χ2n) is 6.80. The third-order valence-electron chi connectivity index (χ3n) is 4.86. The van der Waals surface area contributed by atoms with E-state index in [2.05, 4.69) is 15.5 Å². The third-order valence-corrected chi connectivity index (χ3v) is 4.86. The summed E-state index contributed by atoms with van der Waals surface area (Å²) in [4.78, 5) is 26.1. The molecule has 8 heteroatoms. The van der Waals surface area contributed by atoms with Crippen LogP contribution >= 0.6 is 0 Å². The molecule has 0 aliphatic carbocycles. The van der Waals surface area contributed by atoms with E-state index in [4.69, 9.17) is 0 Å². The zero-order valence-corrected chi connectivity index (χ0v) is 15.7. The number of carbonyl (C=O) groups is 2. The van der Waals surface area contributed by atoms with Gasteiger partial charge in [-0.1, -0.05) is 18.2 Å². The van der Waals surface area contributed by atoms with Gasteiger partial charge in [-0.3, -0.25) is 14.0 Å². The van der Waals surface area contributed by atoms with E-state index in [1.165, 1.54) is 11.1 Å². The van der Waals surface area contributed by atoms with Crippen LogP contribution in [0.15, 0.2) is 18.2 Å². The summed E-state index contributed by atoms with van der Waals surface area (Å²) in [6.45, 7) is 5.13. The van der Waals surface area contributed by atoms with Crippen LogP contribution in [0.2, 0.25) is 0 Å². The third kappa shape index (κ3) is 4.32. The first-order valence-corrected chi connectivity index (χ1v) is 9.09. The Morgan fingerprint density at radius 2 is 2.00 bits per heavy atom. The van der Waals surface area contributed by atoms with Crippen LogP contribution in [0.5, 0.6) is 0 Å². The molecule has 0 radical (unpaired) electrons. The predicted molar refractivity (Wildman–Crippen MR) is 97.7 cm³/mol. The van der Waals surface area contributed by atoms with Gasteiger partial charge in [-0.05, 0) is 37.0 Å². The number of alkyl halides is 1. The van der Waals surface area contributed by atoms with Gasteiger partial charge >= 0.3 is 0 Å². The van der Waals surface area contributed by atoms with Crippen LogP contribution in [-0.2, 0) is 24.4 Å². The molecule has 0 saturated carbocycles. The van der Waals surface area contributed by atoms with Crippen molar-refractivity contribution < 1.29 is 14.0 Å². The molecular weight excluding hydrogens is 349 g/mol. The average Bonchev–Trinajstić information content (AvgIpc) is 2.92. The van der Waals surface area contributed by atoms with Gasteiger partial charge in [0, 0.05) is 19.6 Å². The van der Waals surface area contributed by atoms with Crippen LogP contribution in [0.3, 0.4) is 0 Å². The molecule has 2 aromatic rings. The van der Waals surface area contributed by atoms with Crippen molar-refractivity contribution in [2.45, 2.75) is 46.3 Å². The quantitative estimate of drug-likeness (QED) is 0.868. The molecule has 3 rings (SSSR count). The number of hydrogen-bond donors (Lipinski definition) is 1. The van der Waals surface area contributed by atoms with Crippen molar-refractivity contribution in [3.05, 3.63) is 46.5 Å². The largest absolute Gasteiger partial charge is 0.345 e. The molecule has 2 heterocycles. The van der Waals surface area contributed by atoms with Gasteiger partial charge in [0.1, 0.15) is 0 Å². The molecule has 0 bridgehead atoms. The van der Waals surface area contributed by atoms with Gasteiger partial charge in [-0.15, -0.1) is 10.2 Å². The maximum Gasteiger partial charge on any atom is 0.289 e. The first-order valence-electron chi connectivity index (χ1n) is 9.09. The lowest BCUT2D eigenvalue weighted by Gasteiger charge is -2.18. The van der Waals surface area contributed by atoms with E-state index in [0.717, 1.165) is 5.56 Å². The maximum atomic E-state index is 12.6. The number of aryl methyl sites for hydroxylation is 2. The van der Waals surface area contributed by atoms with Crippen molar-refractivity contribution in [1.82, 2.24) is 25.0 Å². The van der Waals surface area contributed by atoms with Crippen molar-refractivity contribution in [3.63, 3.8) is 0 Å². The lowest BCUT2D eigenvalue weighted by Crippen LogP contribution is -2.31. The minimum absolute atomic E-state index is 0.128. The Balaban J connectivity index is 1.68. The molecule has 2 amide bonds. The van der Waals surface area contributed by atoms with E-state index < -0.39 is 6.67 Å². The molecule has 1 aromatic carbocycles. The summed E-state index contributed by atoms with van der Waals surface area (Å²) >= 11 is 0. The fraction of sp³-hybridized carbons (Fsp3) is 0.474. The molecule has 7 nitrogen and oxygen atoms in total. The van der Waals surface area contributed by atoms with Crippen LogP contribution < -0.4 is 5.32 Å². The van der Waals surface area contributed by atoms with E-state index in [1.54, 1.807) is 9.47 Å². The SMILES string of the molecule is Cc1ccc(CNC(=O)c2nnc3n2CCCN(C(=O)CCF)C3)cc1C. The van der Waals surface area contributed by atoms with Gasteiger partial charge < -0.3 is 14.8 Å². The first-order chi connectivity index (χ1) is 13.0. The molecule has 0 spiro atoms. The number of nitrogens with one attached hydrogen (secondary N) is 1. The summed E-state index contributed by atoms with van der Waals surface area (Å²) in [7, 11) is 0. The minimum Gasteiger partial charge on any atom is -0.345 e. The highest BCUT2D eigenvalue weighted by Crippen LogP contribution is 2.14. The van der Waals surface area contributed by atoms with Gasteiger partial charge in [0.15, 0.2) is 5.82 Å². The van der Waals surface area contributed by atoms with Gasteiger partial charge in [0.05, 0.1) is 19.6 Å². The topological polar surface area (TPSA) is 80.1 Å². The Labute approximate surface area is 157 Å². The van der Waals surface area contributed by atoms with E-state index in [1.807, 2.05) is 32.0 Å². The highest BCUT2D eigenvalue weighted by Gasteiger charge is 2.24. The van der Waals surface area contributed by atoms with Crippen molar-refractivity contribution in [3.8, 4) is 0 Å². The molecule has 0 unspecified atom stereocenters. The highest BCUT2D eigenvalue weighted by atomic mass is 19.1. The molecule has 1 aromatic heterocycles. The van der Waals surface area contributed by atoms with E-state index >= 15 is 0 Å². The summed E-state index contributed by atoms with van der Waals surface area (Å²) in [5.41, 5.74) is 3.40. The summed E-state index contributed by atoms with van der Waals surface area (Å²) in [5.74, 6) is 0.259. The smallest absolute Gasteiger partial charge is 0.289 e. The summed E-state index contributed by atoms with van der Waals surface area (Å²) < 4.78 is 14.2. The Hall–Kier alpha value is -2.77. The Bertz CT molecular complexity index is 849. The second kappa shape index (κ2) is 8.28. The fourth-order valence-corrected chi connectivity index (χ4v) is 3.15. The number of hydrogen-bond acceptors (Lipinski definition) is 4. The molecule has 1 N–H and O–H groups in total. The zero-order chi connectivity index (χ0) is 19.4. The van der Waals surface area contributed by atoms with E-state index in [0.29, 0.717) is 31.9 Å². The normalized spacial score (nSPS) is 13.8. The number of rotatable bonds is 5. The van der Waals surface area contributed by atoms with Gasteiger partial charge in [0.25, 0.3) is 5.91 Å². The van der Waals surface area contributed by atoms with Crippen molar-refractivity contribution in [1.29, 1.82) is 0 Å². The number of amides is 2. The number of fused-ring (bicyclic) bond motifs is 1. The maximum absolute atomic E-state index is 12.6. The minimum atomic E-state index is -0.672. The first kappa shape index (κ1) is 19.0. The molecular formula is C19H24FN5O2. The molecule has 27 heavy (non-hydrogen) atoms. The lowest BCUT2D eigenvalue weighted by atomic mass is 10.1.